The van der Waals surface area contributed by atoms with E-state index < -0.39 is 15.6 Å². The van der Waals surface area contributed by atoms with Gasteiger partial charge in [-0.1, -0.05) is 11.6 Å². The molecule has 0 radical (unpaired) electrons. The lowest BCUT2D eigenvalue weighted by Crippen LogP contribution is -2.20. The predicted octanol–water partition coefficient (Wildman–Crippen LogP) is 3.32. The van der Waals surface area contributed by atoms with Crippen LogP contribution in [0.3, 0.4) is 0 Å². The molecule has 0 aliphatic carbocycles. The number of rotatable bonds is 9. The Kier molecular flexibility index (Phi) is 7.45. The van der Waals surface area contributed by atoms with Gasteiger partial charge < -0.3 is 14.2 Å². The summed E-state index contributed by atoms with van der Waals surface area (Å²) in [5.74, 6) is -0.0126. The van der Waals surface area contributed by atoms with Gasteiger partial charge in [-0.3, -0.25) is 13.9 Å². The summed E-state index contributed by atoms with van der Waals surface area (Å²) in [5.41, 5.74) is 1.43. The molecule has 0 saturated carbocycles. The minimum Gasteiger partial charge on any atom is -0.483 e. The molecule has 4 heterocycles. The lowest BCUT2D eigenvalue weighted by Gasteiger charge is -2.13. The van der Waals surface area contributed by atoms with Crippen LogP contribution in [0.2, 0.25) is 5.15 Å². The molecular formula is C22H22ClN5O6S2. The fraction of sp³-hybridized carbons (Fsp3) is 0.273. The minimum atomic E-state index is -3.94. The van der Waals surface area contributed by atoms with Crippen molar-refractivity contribution in [3.63, 3.8) is 0 Å². The van der Waals surface area contributed by atoms with Crippen molar-refractivity contribution in [3.05, 3.63) is 56.8 Å². The number of ether oxygens (including phenoxy) is 3. The van der Waals surface area contributed by atoms with Gasteiger partial charge in [-0.25, -0.2) is 23.4 Å². The Hall–Kier alpha value is -3.26. The minimum absolute atomic E-state index is 0.0553. The highest BCUT2D eigenvalue weighted by atomic mass is 35.5. The van der Waals surface area contributed by atoms with Gasteiger partial charge >= 0.3 is 5.56 Å². The van der Waals surface area contributed by atoms with Crippen LogP contribution in [0.1, 0.15) is 10.7 Å². The predicted molar refractivity (Wildman–Crippen MR) is 136 cm³/mol. The summed E-state index contributed by atoms with van der Waals surface area (Å²) in [6.45, 7) is 3.76. The number of halogens is 1. The topological polar surface area (TPSA) is 134 Å². The molecule has 0 bridgehead atoms. The summed E-state index contributed by atoms with van der Waals surface area (Å²) in [5, 5.41) is 0.577. The maximum atomic E-state index is 13.0. The van der Waals surface area contributed by atoms with Crippen LogP contribution < -0.4 is 19.8 Å². The number of aromatic nitrogens is 4. The molecule has 190 valence electrons. The highest BCUT2D eigenvalue weighted by molar-refractivity contribution is 7.94. The average Bonchev–Trinajstić information content (AvgIpc) is 3.19. The third kappa shape index (κ3) is 5.14. The summed E-state index contributed by atoms with van der Waals surface area (Å²) >= 11 is 7.21. The Bertz CT molecular complexity index is 1600. The highest BCUT2D eigenvalue weighted by Gasteiger charge is 2.23. The first-order valence-electron chi connectivity index (χ1n) is 10.5. The fourth-order valence-corrected chi connectivity index (χ4v) is 6.17. The van der Waals surface area contributed by atoms with Crippen molar-refractivity contribution in [2.24, 2.45) is 0 Å². The summed E-state index contributed by atoms with van der Waals surface area (Å²) in [6.07, 6.45) is 3.05. The second-order valence-electron chi connectivity index (χ2n) is 7.52. The molecule has 0 unspecified atom stereocenters. The zero-order valence-corrected chi connectivity index (χ0v) is 22.1. The molecule has 4 rings (SSSR count). The molecule has 0 amide bonds. The summed E-state index contributed by atoms with van der Waals surface area (Å²) in [6, 6.07) is 4.89. The molecule has 0 atom stereocenters. The maximum absolute atomic E-state index is 13.0. The lowest BCUT2D eigenvalue weighted by molar-refractivity contribution is 0.145. The first-order chi connectivity index (χ1) is 17.1. The standard InChI is InChI=1S/C22H22ClN5O6S2/c1-12-22(35-13(2)25-12)36(30,31)27-16-9-15(10-24-20(16)33-4)14-5-6-17-26-19(23)18(34-8-7-32-3)21(29)28(17)11-14/h5-6,9-11,27H,7-8H2,1-4H3. The second kappa shape index (κ2) is 10.4. The van der Waals surface area contributed by atoms with Crippen molar-refractivity contribution >= 4 is 44.3 Å². The van der Waals surface area contributed by atoms with Crippen molar-refractivity contribution in [1.82, 2.24) is 19.4 Å². The number of nitrogens with one attached hydrogen (secondary N) is 1. The Labute approximate surface area is 215 Å². The Morgan fingerprint density at radius 1 is 1.14 bits per heavy atom. The number of hydrogen-bond acceptors (Lipinski definition) is 10. The molecule has 0 aliphatic heterocycles. The van der Waals surface area contributed by atoms with E-state index in [9.17, 15) is 13.2 Å². The van der Waals surface area contributed by atoms with Crippen LogP contribution in [-0.2, 0) is 14.8 Å². The third-order valence-electron chi connectivity index (χ3n) is 5.00. The largest absolute Gasteiger partial charge is 0.483 e. The van der Waals surface area contributed by atoms with Crippen LogP contribution in [-0.4, -0.2) is 55.2 Å². The summed E-state index contributed by atoms with van der Waals surface area (Å²) in [7, 11) is -1.04. The maximum Gasteiger partial charge on any atom is 0.301 e. The van der Waals surface area contributed by atoms with Gasteiger partial charge in [-0.2, -0.15) is 0 Å². The van der Waals surface area contributed by atoms with Crippen LogP contribution >= 0.6 is 22.9 Å². The van der Waals surface area contributed by atoms with E-state index in [1.54, 1.807) is 38.2 Å². The molecule has 11 nitrogen and oxygen atoms in total. The average molecular weight is 552 g/mol. The van der Waals surface area contributed by atoms with Crippen LogP contribution in [0, 0.1) is 13.8 Å². The van der Waals surface area contributed by atoms with E-state index in [4.69, 9.17) is 25.8 Å². The third-order valence-corrected chi connectivity index (χ3v) is 8.31. The van der Waals surface area contributed by atoms with Crippen molar-refractivity contribution in [2.45, 2.75) is 18.1 Å². The number of sulfonamides is 1. The Balaban J connectivity index is 1.75. The monoisotopic (exact) mass is 551 g/mol. The quantitative estimate of drug-likeness (QED) is 0.245. The lowest BCUT2D eigenvalue weighted by atomic mass is 10.1. The number of thiazole rings is 1. The number of anilines is 1. The zero-order valence-electron chi connectivity index (χ0n) is 19.7. The van der Waals surface area contributed by atoms with Gasteiger partial charge in [0.25, 0.3) is 10.0 Å². The fourth-order valence-electron chi connectivity index (χ4n) is 3.41. The van der Waals surface area contributed by atoms with E-state index in [-0.39, 0.29) is 39.9 Å². The molecule has 0 aromatic carbocycles. The van der Waals surface area contributed by atoms with Crippen LogP contribution in [0.4, 0.5) is 5.69 Å². The van der Waals surface area contributed by atoms with Crippen molar-refractivity contribution in [1.29, 1.82) is 0 Å². The van der Waals surface area contributed by atoms with Crippen LogP contribution in [0.25, 0.3) is 16.8 Å². The highest BCUT2D eigenvalue weighted by Crippen LogP contribution is 2.32. The first-order valence-corrected chi connectivity index (χ1v) is 13.2. The molecule has 36 heavy (non-hydrogen) atoms. The first kappa shape index (κ1) is 25.8. The van der Waals surface area contributed by atoms with Crippen molar-refractivity contribution in [2.75, 3.05) is 32.2 Å². The number of nitrogens with zero attached hydrogens (tertiary/aromatic N) is 4. The van der Waals surface area contributed by atoms with Crippen molar-refractivity contribution in [3.8, 4) is 22.8 Å². The molecule has 4 aromatic rings. The smallest absolute Gasteiger partial charge is 0.301 e. The number of aryl methyl sites for hydroxylation is 2. The SMILES string of the molecule is COCCOc1c(Cl)nc2ccc(-c3cnc(OC)c(NS(=O)(=O)c4sc(C)nc4C)c3)cn2c1=O. The van der Waals surface area contributed by atoms with Gasteiger partial charge in [0.1, 0.15) is 17.9 Å². The van der Waals surface area contributed by atoms with E-state index in [0.717, 1.165) is 11.3 Å². The molecule has 1 N–H and O–H groups in total. The molecule has 4 aromatic heterocycles. The molecule has 0 fully saturated rings. The molecule has 0 spiro atoms. The van der Waals surface area contributed by atoms with Gasteiger partial charge in [-0.05, 0) is 32.0 Å². The molecule has 14 heteroatoms. The number of pyridine rings is 2. The van der Waals surface area contributed by atoms with E-state index in [0.29, 0.717) is 27.5 Å². The van der Waals surface area contributed by atoms with Crippen LogP contribution in [0.5, 0.6) is 11.6 Å². The summed E-state index contributed by atoms with van der Waals surface area (Å²) < 4.78 is 45.7. The van der Waals surface area contributed by atoms with Crippen LogP contribution in [0.15, 0.2) is 39.6 Å². The van der Waals surface area contributed by atoms with Gasteiger partial charge in [0.05, 0.1) is 24.4 Å². The Morgan fingerprint density at radius 3 is 2.58 bits per heavy atom. The van der Waals surface area contributed by atoms with Gasteiger partial charge in [0.15, 0.2) is 9.36 Å². The van der Waals surface area contributed by atoms with Crippen molar-refractivity contribution < 1.29 is 22.6 Å². The second-order valence-corrected chi connectivity index (χ2v) is 11.0. The van der Waals surface area contributed by atoms with E-state index in [2.05, 4.69) is 19.7 Å². The molecule has 0 aliphatic rings. The van der Waals surface area contributed by atoms with Gasteiger partial charge in [0.2, 0.25) is 11.6 Å². The summed E-state index contributed by atoms with van der Waals surface area (Å²) in [4.78, 5) is 25.7. The molecule has 0 saturated heterocycles. The van der Waals surface area contributed by atoms with Gasteiger partial charge in [-0.15, -0.1) is 11.3 Å². The van der Waals surface area contributed by atoms with E-state index in [1.165, 1.54) is 24.8 Å². The number of hydrogen-bond donors (Lipinski definition) is 1. The normalized spacial score (nSPS) is 11.6. The number of methoxy groups -OCH3 is 2. The number of fused-ring (bicyclic) bond motifs is 1. The van der Waals surface area contributed by atoms with E-state index >= 15 is 0 Å². The Morgan fingerprint density at radius 2 is 1.92 bits per heavy atom. The zero-order chi connectivity index (χ0) is 26.0. The molecular weight excluding hydrogens is 530 g/mol. The van der Waals surface area contributed by atoms with E-state index in [1.807, 2.05) is 0 Å². The van der Waals surface area contributed by atoms with Gasteiger partial charge in [0, 0.05) is 30.6 Å².